The SMILES string of the molecule is CCCNCc1ccccc1OCCCC(C)(C)C#N. The van der Waals surface area contributed by atoms with Crippen LogP contribution < -0.4 is 10.1 Å². The van der Waals surface area contributed by atoms with E-state index < -0.39 is 0 Å². The number of ether oxygens (including phenoxy) is 1. The molecular weight excluding hydrogens is 248 g/mol. The van der Waals surface area contributed by atoms with E-state index in [1.54, 1.807) is 0 Å². The summed E-state index contributed by atoms with van der Waals surface area (Å²) >= 11 is 0. The van der Waals surface area contributed by atoms with E-state index in [1.165, 1.54) is 5.56 Å². The smallest absolute Gasteiger partial charge is 0.123 e. The summed E-state index contributed by atoms with van der Waals surface area (Å²) in [6.07, 6.45) is 2.89. The predicted molar refractivity (Wildman–Crippen MR) is 82.6 cm³/mol. The van der Waals surface area contributed by atoms with Crippen LogP contribution in [0.25, 0.3) is 0 Å². The molecule has 0 aliphatic heterocycles. The molecule has 0 fully saturated rings. The lowest BCUT2D eigenvalue weighted by Gasteiger charge is -2.16. The summed E-state index contributed by atoms with van der Waals surface area (Å²) in [6.45, 7) is 8.62. The van der Waals surface area contributed by atoms with Crippen LogP contribution in [0.2, 0.25) is 0 Å². The van der Waals surface area contributed by atoms with E-state index >= 15 is 0 Å². The molecule has 0 aliphatic carbocycles. The van der Waals surface area contributed by atoms with Crippen LogP contribution in [0, 0.1) is 16.7 Å². The van der Waals surface area contributed by atoms with Crippen molar-refractivity contribution in [2.45, 2.75) is 46.6 Å². The molecule has 0 aliphatic rings. The van der Waals surface area contributed by atoms with Gasteiger partial charge in [0.15, 0.2) is 0 Å². The monoisotopic (exact) mass is 274 g/mol. The Bertz CT molecular complexity index is 435. The van der Waals surface area contributed by atoms with E-state index in [1.807, 2.05) is 32.0 Å². The molecule has 0 radical (unpaired) electrons. The van der Waals surface area contributed by atoms with Crippen molar-refractivity contribution in [3.8, 4) is 11.8 Å². The second-order valence-electron chi connectivity index (χ2n) is 5.73. The van der Waals surface area contributed by atoms with Gasteiger partial charge in [0.2, 0.25) is 0 Å². The topological polar surface area (TPSA) is 45.0 Å². The zero-order valence-corrected chi connectivity index (χ0v) is 12.9. The van der Waals surface area contributed by atoms with Crippen LogP contribution in [0.5, 0.6) is 5.75 Å². The molecule has 1 aromatic carbocycles. The number of hydrogen-bond donors (Lipinski definition) is 1. The molecule has 1 rings (SSSR count). The Morgan fingerprint density at radius 3 is 2.75 bits per heavy atom. The van der Waals surface area contributed by atoms with Crippen molar-refractivity contribution in [2.24, 2.45) is 5.41 Å². The number of para-hydroxylation sites is 1. The maximum Gasteiger partial charge on any atom is 0.123 e. The lowest BCUT2D eigenvalue weighted by Crippen LogP contribution is -2.15. The van der Waals surface area contributed by atoms with Crippen molar-refractivity contribution >= 4 is 0 Å². The maximum absolute atomic E-state index is 8.98. The molecule has 1 aromatic rings. The minimum Gasteiger partial charge on any atom is -0.493 e. The van der Waals surface area contributed by atoms with Crippen LogP contribution in [0.4, 0.5) is 0 Å². The number of hydrogen-bond acceptors (Lipinski definition) is 3. The highest BCUT2D eigenvalue weighted by Gasteiger charge is 2.15. The largest absolute Gasteiger partial charge is 0.493 e. The minimum absolute atomic E-state index is 0.258. The van der Waals surface area contributed by atoms with Crippen molar-refractivity contribution in [3.63, 3.8) is 0 Å². The number of nitrogens with one attached hydrogen (secondary N) is 1. The van der Waals surface area contributed by atoms with Crippen molar-refractivity contribution < 1.29 is 4.74 Å². The molecule has 3 heteroatoms. The molecule has 0 saturated carbocycles. The van der Waals surface area contributed by atoms with Gasteiger partial charge in [-0.3, -0.25) is 0 Å². The quantitative estimate of drug-likeness (QED) is 0.695. The molecule has 3 nitrogen and oxygen atoms in total. The first-order valence-corrected chi connectivity index (χ1v) is 7.42. The summed E-state index contributed by atoms with van der Waals surface area (Å²) in [6, 6.07) is 10.5. The lowest BCUT2D eigenvalue weighted by molar-refractivity contribution is 0.281. The van der Waals surface area contributed by atoms with Gasteiger partial charge in [0.1, 0.15) is 5.75 Å². The number of benzene rings is 1. The van der Waals surface area contributed by atoms with E-state index in [-0.39, 0.29) is 5.41 Å². The van der Waals surface area contributed by atoms with Crippen LogP contribution >= 0.6 is 0 Å². The first-order chi connectivity index (χ1) is 9.59. The fraction of sp³-hybridized carbons (Fsp3) is 0.588. The summed E-state index contributed by atoms with van der Waals surface area (Å²) in [7, 11) is 0. The standard InChI is InChI=1S/C17H26N2O/c1-4-11-19-13-15-8-5-6-9-16(15)20-12-7-10-17(2,3)14-18/h5-6,8-9,19H,4,7,10-13H2,1-3H3. The van der Waals surface area contributed by atoms with Gasteiger partial charge >= 0.3 is 0 Å². The number of nitriles is 1. The van der Waals surface area contributed by atoms with Crippen molar-refractivity contribution in [1.82, 2.24) is 5.32 Å². The molecule has 0 aromatic heterocycles. The summed E-state index contributed by atoms with van der Waals surface area (Å²) in [5, 5.41) is 12.4. The van der Waals surface area contributed by atoms with E-state index in [4.69, 9.17) is 10.00 Å². The van der Waals surface area contributed by atoms with E-state index in [0.29, 0.717) is 6.61 Å². The molecule has 0 amide bonds. The molecule has 0 atom stereocenters. The molecule has 1 N–H and O–H groups in total. The van der Waals surface area contributed by atoms with Gasteiger partial charge < -0.3 is 10.1 Å². The average Bonchev–Trinajstić information content (AvgIpc) is 2.45. The highest BCUT2D eigenvalue weighted by Crippen LogP contribution is 2.22. The van der Waals surface area contributed by atoms with Gasteiger partial charge in [0, 0.05) is 12.1 Å². The van der Waals surface area contributed by atoms with Gasteiger partial charge in [-0.25, -0.2) is 0 Å². The summed E-state index contributed by atoms with van der Waals surface area (Å²) in [5.74, 6) is 0.950. The zero-order chi connectivity index (χ0) is 14.8. The van der Waals surface area contributed by atoms with Crippen molar-refractivity contribution in [3.05, 3.63) is 29.8 Å². The molecule has 20 heavy (non-hydrogen) atoms. The molecule has 0 heterocycles. The summed E-state index contributed by atoms with van der Waals surface area (Å²) in [4.78, 5) is 0. The fourth-order valence-electron chi connectivity index (χ4n) is 1.94. The van der Waals surface area contributed by atoms with Gasteiger partial charge in [-0.05, 0) is 45.7 Å². The first-order valence-electron chi connectivity index (χ1n) is 7.42. The Morgan fingerprint density at radius 1 is 1.30 bits per heavy atom. The van der Waals surface area contributed by atoms with Crippen LogP contribution in [0.1, 0.15) is 45.6 Å². The molecule has 0 unspecified atom stereocenters. The van der Waals surface area contributed by atoms with Crippen LogP contribution in [0.3, 0.4) is 0 Å². The highest BCUT2D eigenvalue weighted by molar-refractivity contribution is 5.33. The third kappa shape index (κ3) is 6.08. The third-order valence-corrected chi connectivity index (χ3v) is 3.22. The van der Waals surface area contributed by atoms with E-state index in [9.17, 15) is 0 Å². The second kappa shape index (κ2) is 8.60. The summed E-state index contributed by atoms with van der Waals surface area (Å²) < 4.78 is 5.86. The van der Waals surface area contributed by atoms with Crippen molar-refractivity contribution in [1.29, 1.82) is 5.26 Å². The Balaban J connectivity index is 2.41. The molecular formula is C17H26N2O. The highest BCUT2D eigenvalue weighted by atomic mass is 16.5. The van der Waals surface area contributed by atoms with Gasteiger partial charge in [0.05, 0.1) is 18.1 Å². The van der Waals surface area contributed by atoms with Crippen LogP contribution in [0.15, 0.2) is 24.3 Å². The van der Waals surface area contributed by atoms with Gasteiger partial charge in [0.25, 0.3) is 0 Å². The molecule has 110 valence electrons. The Morgan fingerprint density at radius 2 is 2.05 bits per heavy atom. The normalized spacial score (nSPS) is 11.1. The van der Waals surface area contributed by atoms with E-state index in [2.05, 4.69) is 24.4 Å². The Hall–Kier alpha value is -1.53. The lowest BCUT2D eigenvalue weighted by atomic mass is 9.90. The predicted octanol–water partition coefficient (Wildman–Crippen LogP) is 3.89. The van der Waals surface area contributed by atoms with E-state index in [0.717, 1.165) is 38.1 Å². The molecule has 0 bridgehead atoms. The summed E-state index contributed by atoms with van der Waals surface area (Å²) in [5.41, 5.74) is 0.937. The van der Waals surface area contributed by atoms with Crippen molar-refractivity contribution in [2.75, 3.05) is 13.2 Å². The fourth-order valence-corrected chi connectivity index (χ4v) is 1.94. The molecule has 0 spiro atoms. The van der Waals surface area contributed by atoms with Gasteiger partial charge in [-0.1, -0.05) is 25.1 Å². The van der Waals surface area contributed by atoms with Gasteiger partial charge in [-0.15, -0.1) is 0 Å². The second-order valence-corrected chi connectivity index (χ2v) is 5.73. The zero-order valence-electron chi connectivity index (χ0n) is 12.9. The molecule has 0 saturated heterocycles. The average molecular weight is 274 g/mol. The van der Waals surface area contributed by atoms with Crippen LogP contribution in [-0.2, 0) is 6.54 Å². The Kier molecular flexibility index (Phi) is 7.11. The third-order valence-electron chi connectivity index (χ3n) is 3.22. The first kappa shape index (κ1) is 16.5. The van der Waals surface area contributed by atoms with Crippen LogP contribution in [-0.4, -0.2) is 13.2 Å². The number of rotatable bonds is 9. The number of nitrogens with zero attached hydrogens (tertiary/aromatic N) is 1. The Labute approximate surface area is 123 Å². The maximum atomic E-state index is 8.98. The minimum atomic E-state index is -0.258. The van der Waals surface area contributed by atoms with Gasteiger partial charge in [-0.2, -0.15) is 5.26 Å².